The molecule has 0 fully saturated rings. The molecular weight excluding hydrogens is 406 g/mol. The number of hydrogen-bond donors (Lipinski definition) is 1. The number of ether oxygens (including phenoxy) is 2. The summed E-state index contributed by atoms with van der Waals surface area (Å²) < 4.78 is 12.7. The smallest absolute Gasteiger partial charge is 0.226 e. The van der Waals surface area contributed by atoms with Crippen LogP contribution in [0.4, 0.5) is 5.95 Å². The molecule has 0 saturated carbocycles. The van der Waals surface area contributed by atoms with Crippen molar-refractivity contribution in [2.24, 2.45) is 5.41 Å². The Bertz CT molecular complexity index is 1230. The van der Waals surface area contributed by atoms with Gasteiger partial charge < -0.3 is 14.8 Å². The van der Waals surface area contributed by atoms with Crippen LogP contribution in [0.25, 0.3) is 11.4 Å². The maximum atomic E-state index is 13.4. The van der Waals surface area contributed by atoms with Crippen LogP contribution in [0.15, 0.2) is 54.0 Å². The van der Waals surface area contributed by atoms with Crippen LogP contribution in [0.1, 0.15) is 38.3 Å². The number of methoxy groups -OCH3 is 2. The first kappa shape index (κ1) is 20.2. The molecular formula is C24H25N5O3. The Morgan fingerprint density at radius 2 is 1.94 bits per heavy atom. The zero-order valence-electron chi connectivity index (χ0n) is 18.5. The van der Waals surface area contributed by atoms with E-state index in [2.05, 4.69) is 24.1 Å². The van der Waals surface area contributed by atoms with Gasteiger partial charge in [0.05, 0.1) is 14.2 Å². The van der Waals surface area contributed by atoms with Gasteiger partial charge in [0.15, 0.2) is 23.1 Å². The largest absolute Gasteiger partial charge is 0.493 e. The summed E-state index contributed by atoms with van der Waals surface area (Å²) in [6.07, 6.45) is 4.68. The molecule has 32 heavy (non-hydrogen) atoms. The molecule has 0 radical (unpaired) electrons. The van der Waals surface area contributed by atoms with Gasteiger partial charge in [-0.3, -0.25) is 9.78 Å². The van der Waals surface area contributed by atoms with Crippen molar-refractivity contribution < 1.29 is 14.3 Å². The van der Waals surface area contributed by atoms with E-state index in [0.29, 0.717) is 29.7 Å². The molecule has 8 heteroatoms. The molecule has 0 amide bonds. The van der Waals surface area contributed by atoms with Gasteiger partial charge in [0.2, 0.25) is 5.95 Å². The van der Waals surface area contributed by atoms with E-state index >= 15 is 0 Å². The number of rotatable bonds is 4. The molecule has 1 aromatic carbocycles. The Hall–Kier alpha value is -3.68. The van der Waals surface area contributed by atoms with Gasteiger partial charge in [-0.15, -0.1) is 5.10 Å². The van der Waals surface area contributed by atoms with Crippen molar-refractivity contribution in [1.29, 1.82) is 0 Å². The predicted octanol–water partition coefficient (Wildman–Crippen LogP) is 4.02. The molecule has 2 aliphatic rings. The molecule has 164 valence electrons. The number of benzene rings is 1. The summed E-state index contributed by atoms with van der Waals surface area (Å²) in [5, 5.41) is 8.18. The quantitative estimate of drug-likeness (QED) is 0.667. The second-order valence-electron chi connectivity index (χ2n) is 8.92. The lowest BCUT2D eigenvalue weighted by Crippen LogP contribution is -2.36. The van der Waals surface area contributed by atoms with Crippen LogP contribution in [0.5, 0.6) is 11.5 Å². The first-order valence-corrected chi connectivity index (χ1v) is 10.5. The summed E-state index contributed by atoms with van der Waals surface area (Å²) in [6.45, 7) is 4.23. The van der Waals surface area contributed by atoms with E-state index in [0.717, 1.165) is 28.8 Å². The minimum absolute atomic E-state index is 0.118. The van der Waals surface area contributed by atoms with Gasteiger partial charge >= 0.3 is 0 Å². The van der Waals surface area contributed by atoms with Crippen molar-refractivity contribution >= 4 is 11.7 Å². The number of Topliss-reactive ketones (excluding diaryl/α,β-unsaturated/α-hetero) is 1. The van der Waals surface area contributed by atoms with Crippen LogP contribution in [0, 0.1) is 5.41 Å². The number of carbonyl (C=O) groups excluding carboxylic acids is 1. The van der Waals surface area contributed by atoms with Crippen molar-refractivity contribution in [2.75, 3.05) is 19.5 Å². The van der Waals surface area contributed by atoms with E-state index in [9.17, 15) is 4.79 Å². The fourth-order valence-corrected chi connectivity index (χ4v) is 4.56. The van der Waals surface area contributed by atoms with Gasteiger partial charge in [0.1, 0.15) is 6.04 Å². The van der Waals surface area contributed by atoms with E-state index in [1.807, 2.05) is 30.3 Å². The minimum atomic E-state index is -0.414. The summed E-state index contributed by atoms with van der Waals surface area (Å²) in [6, 6.07) is 9.06. The van der Waals surface area contributed by atoms with E-state index < -0.39 is 6.04 Å². The third-order valence-corrected chi connectivity index (χ3v) is 5.98. The van der Waals surface area contributed by atoms with E-state index in [4.69, 9.17) is 19.6 Å². The normalized spacial score (nSPS) is 19.1. The molecule has 2 aromatic heterocycles. The fraction of sp³-hybridized carbons (Fsp3) is 0.333. The van der Waals surface area contributed by atoms with Crippen LogP contribution < -0.4 is 14.8 Å². The molecule has 0 spiro atoms. The Kier molecular flexibility index (Phi) is 4.73. The molecule has 3 aromatic rings. The zero-order chi connectivity index (χ0) is 22.5. The van der Waals surface area contributed by atoms with Gasteiger partial charge in [0.25, 0.3) is 0 Å². The number of allylic oxidation sites excluding steroid dienone is 2. The van der Waals surface area contributed by atoms with Gasteiger partial charge in [0, 0.05) is 35.6 Å². The predicted molar refractivity (Wildman–Crippen MR) is 120 cm³/mol. The number of carbonyl (C=O) groups is 1. The number of pyridine rings is 1. The number of nitrogens with zero attached hydrogens (tertiary/aromatic N) is 4. The molecule has 5 rings (SSSR count). The third-order valence-electron chi connectivity index (χ3n) is 5.98. The Labute approximate surface area is 186 Å². The molecule has 3 heterocycles. The van der Waals surface area contributed by atoms with E-state index in [1.165, 1.54) is 0 Å². The third kappa shape index (κ3) is 3.32. The average Bonchev–Trinajstić information content (AvgIpc) is 3.20. The first-order valence-electron chi connectivity index (χ1n) is 10.5. The van der Waals surface area contributed by atoms with Gasteiger partial charge in [-0.1, -0.05) is 19.9 Å². The highest BCUT2D eigenvalue weighted by Crippen LogP contribution is 2.46. The Morgan fingerprint density at radius 3 is 2.66 bits per heavy atom. The molecule has 1 aliphatic heterocycles. The van der Waals surface area contributed by atoms with Gasteiger partial charge in [-0.25, -0.2) is 4.68 Å². The van der Waals surface area contributed by atoms with Crippen molar-refractivity contribution in [3.8, 4) is 22.9 Å². The standard InChI is InChI=1S/C24H25N5O3/c1-24(2)11-16-20(17(30)12-24)21(14-7-8-18(31-3)19(10-14)32-4)29-23(26-16)27-22(28-29)15-6-5-9-25-13-15/h5-10,13,21H,11-12H2,1-4H3,(H,26,27,28)/t21-/m1/s1. The summed E-state index contributed by atoms with van der Waals surface area (Å²) in [7, 11) is 3.20. The molecule has 1 N–H and O–H groups in total. The molecule has 1 aliphatic carbocycles. The average molecular weight is 431 g/mol. The van der Waals surface area contributed by atoms with Crippen molar-refractivity contribution in [1.82, 2.24) is 19.7 Å². The number of nitrogens with one attached hydrogen (secondary N) is 1. The molecule has 0 bridgehead atoms. The van der Waals surface area contributed by atoms with Crippen LogP contribution in [0.3, 0.4) is 0 Å². The van der Waals surface area contributed by atoms with E-state index in [1.54, 1.807) is 31.3 Å². The highest BCUT2D eigenvalue weighted by molar-refractivity contribution is 6.00. The molecule has 0 unspecified atom stereocenters. The monoisotopic (exact) mass is 431 g/mol. The Morgan fingerprint density at radius 1 is 1.12 bits per heavy atom. The maximum Gasteiger partial charge on any atom is 0.226 e. The minimum Gasteiger partial charge on any atom is -0.493 e. The highest BCUT2D eigenvalue weighted by Gasteiger charge is 2.42. The molecule has 1 atom stereocenters. The second kappa shape index (κ2) is 7.47. The lowest BCUT2D eigenvalue weighted by Gasteiger charge is -2.38. The Balaban J connectivity index is 1.69. The van der Waals surface area contributed by atoms with E-state index in [-0.39, 0.29) is 11.2 Å². The fourth-order valence-electron chi connectivity index (χ4n) is 4.56. The summed E-state index contributed by atoms with van der Waals surface area (Å²) >= 11 is 0. The SMILES string of the molecule is COc1ccc([C@@H]2C3=C(CC(C)(C)CC3=O)Nc3nc(-c4cccnc4)nn32)cc1OC. The zero-order valence-corrected chi connectivity index (χ0v) is 18.5. The van der Waals surface area contributed by atoms with Crippen molar-refractivity contribution in [2.45, 2.75) is 32.7 Å². The topological polar surface area (TPSA) is 91.2 Å². The van der Waals surface area contributed by atoms with Crippen LogP contribution in [-0.2, 0) is 4.79 Å². The molecule has 8 nitrogen and oxygen atoms in total. The molecule has 0 saturated heterocycles. The van der Waals surface area contributed by atoms with Gasteiger partial charge in [-0.05, 0) is 41.7 Å². The summed E-state index contributed by atoms with van der Waals surface area (Å²) in [4.78, 5) is 22.3. The maximum absolute atomic E-state index is 13.4. The number of aromatic nitrogens is 4. The van der Waals surface area contributed by atoms with Gasteiger partial charge in [-0.2, -0.15) is 4.98 Å². The first-order chi connectivity index (χ1) is 15.4. The number of hydrogen-bond acceptors (Lipinski definition) is 7. The van der Waals surface area contributed by atoms with Crippen LogP contribution >= 0.6 is 0 Å². The number of ketones is 1. The lowest BCUT2D eigenvalue weighted by molar-refractivity contribution is -0.118. The summed E-state index contributed by atoms with van der Waals surface area (Å²) in [5.41, 5.74) is 3.20. The lowest BCUT2D eigenvalue weighted by atomic mass is 9.73. The van der Waals surface area contributed by atoms with Crippen LogP contribution in [0.2, 0.25) is 0 Å². The summed E-state index contributed by atoms with van der Waals surface area (Å²) in [5.74, 6) is 2.51. The van der Waals surface area contributed by atoms with Crippen molar-refractivity contribution in [3.63, 3.8) is 0 Å². The second-order valence-corrected chi connectivity index (χ2v) is 8.92. The number of fused-ring (bicyclic) bond motifs is 1. The van der Waals surface area contributed by atoms with Crippen molar-refractivity contribution in [3.05, 3.63) is 59.6 Å². The number of anilines is 1. The highest BCUT2D eigenvalue weighted by atomic mass is 16.5. The van der Waals surface area contributed by atoms with Crippen LogP contribution in [-0.4, -0.2) is 39.8 Å².